The lowest BCUT2D eigenvalue weighted by molar-refractivity contribution is -0.140. The van der Waals surface area contributed by atoms with Crippen molar-refractivity contribution in [2.24, 2.45) is 23.3 Å². The van der Waals surface area contributed by atoms with E-state index < -0.39 is 36.2 Å². The minimum Gasteiger partial charge on any atom is -0.375 e. The summed E-state index contributed by atoms with van der Waals surface area (Å²) in [6.07, 6.45) is 1.24. The monoisotopic (exact) mass is 686 g/mol. The minimum absolute atomic E-state index is 0.0663. The number of ether oxygens (including phenoxy) is 2. The summed E-state index contributed by atoms with van der Waals surface area (Å²) in [5.74, 6) is -0.0759. The van der Waals surface area contributed by atoms with Crippen LogP contribution in [0.4, 0.5) is 9.59 Å². The summed E-state index contributed by atoms with van der Waals surface area (Å²) < 4.78 is 9.04. The number of imidazole rings is 2. The summed E-state index contributed by atoms with van der Waals surface area (Å²) in [6, 6.07) is 10.2. The van der Waals surface area contributed by atoms with E-state index in [1.165, 1.54) is 0 Å². The Labute approximate surface area is 291 Å². The van der Waals surface area contributed by atoms with Crippen LogP contribution in [0.1, 0.15) is 76.4 Å². The van der Waals surface area contributed by atoms with Crippen molar-refractivity contribution in [2.45, 2.75) is 79.6 Å². The van der Waals surface area contributed by atoms with Crippen LogP contribution < -0.4 is 22.1 Å². The Balaban J connectivity index is 1.51. The van der Waals surface area contributed by atoms with E-state index in [4.69, 9.17) is 11.5 Å². The first-order chi connectivity index (χ1) is 23.6. The van der Waals surface area contributed by atoms with Crippen molar-refractivity contribution >= 4 is 24.1 Å². The second kappa shape index (κ2) is 15.9. The molecule has 8 N–H and O–H groups in total. The van der Waals surface area contributed by atoms with E-state index in [1.807, 2.05) is 39.8 Å². The number of aromatic nitrogens is 4. The number of esters is 2. The van der Waals surface area contributed by atoms with Gasteiger partial charge in [0.25, 0.3) is 0 Å². The molecule has 0 aliphatic heterocycles. The number of H-pyrrole nitrogens is 2. The number of aromatic amines is 2. The lowest BCUT2D eigenvalue weighted by Gasteiger charge is -2.23. The standard InChI is InChI=1S/C36H46N8O6/c1-17(2)29(41-21(7)33(45)49-35(37)47)31-39-15-27(43-31)24-11-9-23(10-12-24)25-13-14-26(20(6)19(25)5)28-16-40-32(44-28)30(18(3)4)42-22(8)34(46)50-36(38)48/h9-18,21-22,29-30,41-42H,1-8H3,(H2,37,47)(H2,38,48)(H,39,43)(H,40,44)/t21-,22-,29?,30?/m0/s1. The van der Waals surface area contributed by atoms with Gasteiger partial charge in [-0.2, -0.15) is 0 Å². The van der Waals surface area contributed by atoms with Gasteiger partial charge in [-0.15, -0.1) is 0 Å². The molecule has 2 aromatic heterocycles. The fourth-order valence-corrected chi connectivity index (χ4v) is 5.75. The summed E-state index contributed by atoms with van der Waals surface area (Å²) in [7, 11) is 0. The number of hydrogen-bond donors (Lipinski definition) is 6. The molecule has 0 bridgehead atoms. The second-order valence-corrected chi connectivity index (χ2v) is 13.1. The fourth-order valence-electron chi connectivity index (χ4n) is 5.75. The number of carbonyl (C=O) groups excluding carboxylic acids is 4. The number of primary amides is 2. The number of hydrogen-bond acceptors (Lipinski definition) is 10. The molecule has 266 valence electrons. The highest BCUT2D eigenvalue weighted by Crippen LogP contribution is 2.34. The number of nitrogens with one attached hydrogen (secondary N) is 4. The molecule has 0 radical (unpaired) electrons. The molecule has 0 aliphatic rings. The Morgan fingerprint density at radius 3 is 1.48 bits per heavy atom. The van der Waals surface area contributed by atoms with Crippen LogP contribution >= 0.6 is 0 Å². The third kappa shape index (κ3) is 8.81. The lowest BCUT2D eigenvalue weighted by Crippen LogP contribution is -2.41. The van der Waals surface area contributed by atoms with E-state index >= 15 is 0 Å². The van der Waals surface area contributed by atoms with Gasteiger partial charge in [-0.3, -0.25) is 10.6 Å². The summed E-state index contributed by atoms with van der Waals surface area (Å²) in [5.41, 5.74) is 17.9. The average molecular weight is 687 g/mol. The first kappa shape index (κ1) is 37.5. The molecule has 2 heterocycles. The summed E-state index contributed by atoms with van der Waals surface area (Å²) in [5, 5.41) is 6.36. The topological polar surface area (TPSA) is 220 Å². The summed E-state index contributed by atoms with van der Waals surface area (Å²) in [6.45, 7) is 15.4. The van der Waals surface area contributed by atoms with Crippen LogP contribution in [0, 0.1) is 25.7 Å². The van der Waals surface area contributed by atoms with Crippen molar-refractivity contribution in [3.8, 4) is 33.6 Å². The fraction of sp³-hybridized carbons (Fsp3) is 0.389. The van der Waals surface area contributed by atoms with Gasteiger partial charge in [0.15, 0.2) is 0 Å². The van der Waals surface area contributed by atoms with Crippen LogP contribution in [0.3, 0.4) is 0 Å². The number of amides is 2. The number of benzene rings is 2. The Morgan fingerprint density at radius 1 is 0.620 bits per heavy atom. The molecule has 4 aromatic rings. The molecule has 2 unspecified atom stereocenters. The van der Waals surface area contributed by atoms with Gasteiger partial charge in [-0.25, -0.2) is 29.1 Å². The van der Waals surface area contributed by atoms with Gasteiger partial charge < -0.3 is 30.9 Å². The average Bonchev–Trinajstić information content (AvgIpc) is 3.73. The molecule has 0 fully saturated rings. The quantitative estimate of drug-likeness (QED) is 0.0782. The predicted octanol–water partition coefficient (Wildman–Crippen LogP) is 5.34. The largest absolute Gasteiger partial charge is 0.412 e. The molecule has 0 spiro atoms. The lowest BCUT2D eigenvalue weighted by atomic mass is 9.92. The second-order valence-electron chi connectivity index (χ2n) is 13.1. The van der Waals surface area contributed by atoms with Gasteiger partial charge in [-0.1, -0.05) is 64.1 Å². The minimum atomic E-state index is -1.15. The van der Waals surface area contributed by atoms with Gasteiger partial charge in [-0.05, 0) is 67.3 Å². The van der Waals surface area contributed by atoms with E-state index in [1.54, 1.807) is 26.2 Å². The van der Waals surface area contributed by atoms with E-state index in [9.17, 15) is 19.2 Å². The molecular weight excluding hydrogens is 640 g/mol. The van der Waals surface area contributed by atoms with Gasteiger partial charge in [0.05, 0.1) is 35.9 Å². The zero-order valence-corrected chi connectivity index (χ0v) is 29.6. The van der Waals surface area contributed by atoms with Crippen molar-refractivity contribution in [3.05, 3.63) is 71.6 Å². The van der Waals surface area contributed by atoms with E-state index in [-0.39, 0.29) is 23.9 Å². The van der Waals surface area contributed by atoms with Crippen LogP contribution in [0.5, 0.6) is 0 Å². The molecule has 50 heavy (non-hydrogen) atoms. The zero-order chi connectivity index (χ0) is 36.9. The van der Waals surface area contributed by atoms with E-state index in [0.717, 1.165) is 44.8 Å². The Kier molecular flexibility index (Phi) is 11.9. The molecule has 14 nitrogen and oxygen atoms in total. The van der Waals surface area contributed by atoms with Crippen LogP contribution in [0.2, 0.25) is 0 Å². The highest BCUT2D eigenvalue weighted by Gasteiger charge is 2.27. The maximum atomic E-state index is 12.2. The van der Waals surface area contributed by atoms with Crippen LogP contribution in [0.25, 0.3) is 33.6 Å². The Morgan fingerprint density at radius 2 is 1.02 bits per heavy atom. The Hall–Kier alpha value is -5.34. The Bertz CT molecular complexity index is 1840. The molecule has 0 saturated carbocycles. The molecule has 2 aromatic carbocycles. The number of nitrogens with two attached hydrogens (primary N) is 2. The van der Waals surface area contributed by atoms with Crippen LogP contribution in [-0.2, 0) is 19.1 Å². The van der Waals surface area contributed by atoms with E-state index in [0.29, 0.717) is 11.6 Å². The van der Waals surface area contributed by atoms with Gasteiger partial charge in [0, 0.05) is 5.56 Å². The molecule has 14 heteroatoms. The predicted molar refractivity (Wildman–Crippen MR) is 188 cm³/mol. The van der Waals surface area contributed by atoms with Crippen molar-refractivity contribution in [2.75, 3.05) is 0 Å². The molecule has 0 aliphatic carbocycles. The summed E-state index contributed by atoms with van der Waals surface area (Å²) >= 11 is 0. The summed E-state index contributed by atoms with van der Waals surface area (Å²) in [4.78, 5) is 62.3. The maximum Gasteiger partial charge on any atom is 0.412 e. The highest BCUT2D eigenvalue weighted by atomic mass is 16.6. The third-order valence-electron chi connectivity index (χ3n) is 8.67. The van der Waals surface area contributed by atoms with Gasteiger partial charge in [0.2, 0.25) is 0 Å². The first-order valence-electron chi connectivity index (χ1n) is 16.4. The van der Waals surface area contributed by atoms with Gasteiger partial charge >= 0.3 is 24.1 Å². The molecular formula is C36H46N8O6. The normalized spacial score (nSPS) is 13.9. The van der Waals surface area contributed by atoms with Crippen molar-refractivity contribution in [3.63, 3.8) is 0 Å². The maximum absolute atomic E-state index is 12.2. The van der Waals surface area contributed by atoms with Crippen molar-refractivity contribution in [1.82, 2.24) is 30.6 Å². The van der Waals surface area contributed by atoms with Gasteiger partial charge in [0.1, 0.15) is 23.7 Å². The number of nitrogens with zero attached hydrogens (tertiary/aromatic N) is 2. The molecule has 4 atom stereocenters. The smallest absolute Gasteiger partial charge is 0.375 e. The molecule has 2 amide bonds. The SMILES string of the molecule is Cc1c(-c2ccc(-c3cnc(C(N[C@@H](C)C(=O)OC(N)=O)C(C)C)[nH]3)cc2)ccc(-c2cnc(C(N[C@@H](C)C(=O)OC(N)=O)C(C)C)[nH]2)c1C. The van der Waals surface area contributed by atoms with Crippen LogP contribution in [-0.4, -0.2) is 56.1 Å². The first-order valence-corrected chi connectivity index (χ1v) is 16.4. The van der Waals surface area contributed by atoms with Crippen LogP contribution in [0.15, 0.2) is 48.8 Å². The molecule has 0 saturated heterocycles. The number of rotatable bonds is 13. The highest BCUT2D eigenvalue weighted by molar-refractivity contribution is 5.87. The molecule has 4 rings (SSSR count). The van der Waals surface area contributed by atoms with Crippen molar-refractivity contribution < 1.29 is 28.7 Å². The third-order valence-corrected chi connectivity index (χ3v) is 8.67. The zero-order valence-electron chi connectivity index (χ0n) is 29.6. The van der Waals surface area contributed by atoms with E-state index in [2.05, 4.69) is 78.2 Å². The van der Waals surface area contributed by atoms with Crippen molar-refractivity contribution in [1.29, 1.82) is 0 Å². The number of carbonyl (C=O) groups is 4.